The van der Waals surface area contributed by atoms with Crippen LogP contribution in [0.4, 0.5) is 5.82 Å². The monoisotopic (exact) mass is 545 g/mol. The minimum atomic E-state index is -0.504. The predicted octanol–water partition coefficient (Wildman–Crippen LogP) is 4.25. The fourth-order valence-corrected chi connectivity index (χ4v) is 7.09. The van der Waals surface area contributed by atoms with E-state index < -0.39 is 5.41 Å². The maximum absolute atomic E-state index is 13.1. The number of pyridine rings is 1. The van der Waals surface area contributed by atoms with Crippen molar-refractivity contribution in [3.63, 3.8) is 0 Å². The van der Waals surface area contributed by atoms with E-state index in [1.165, 1.54) is 5.57 Å². The summed E-state index contributed by atoms with van der Waals surface area (Å²) in [4.78, 5) is 51.5. The van der Waals surface area contributed by atoms with Crippen LogP contribution in [0, 0.1) is 11.3 Å². The standard InChI is InChI=1S/C30H35N5O3S/c36-26(34-12-7-21(8-13-34)18-25-31-11-16-39-25)6-5-22-17-24-19-30(29(38)33-27(24)32-20-22)9-14-35(15-10-30)28(37)23-3-1-2-4-23/h5-7,11,16-17,20,23H,1-4,8-10,12-15,18-19H2,(H,32,33,38)/b6-5+. The van der Waals surface area contributed by atoms with Crippen molar-refractivity contribution in [3.05, 3.63) is 57.7 Å². The predicted molar refractivity (Wildman–Crippen MR) is 151 cm³/mol. The first kappa shape index (κ1) is 25.9. The number of thiazole rings is 1. The number of amides is 3. The Hall–Kier alpha value is -3.33. The van der Waals surface area contributed by atoms with Gasteiger partial charge in [-0.1, -0.05) is 24.5 Å². The van der Waals surface area contributed by atoms with Crippen molar-refractivity contribution in [1.82, 2.24) is 19.8 Å². The molecule has 1 aliphatic carbocycles. The van der Waals surface area contributed by atoms with Gasteiger partial charge in [0.25, 0.3) is 0 Å². The zero-order valence-electron chi connectivity index (χ0n) is 22.2. The molecule has 39 heavy (non-hydrogen) atoms. The summed E-state index contributed by atoms with van der Waals surface area (Å²) in [6, 6.07) is 2.03. The number of piperidine rings is 1. The van der Waals surface area contributed by atoms with E-state index in [2.05, 4.69) is 21.4 Å². The first-order chi connectivity index (χ1) is 19.0. The van der Waals surface area contributed by atoms with E-state index in [-0.39, 0.29) is 23.6 Å². The van der Waals surface area contributed by atoms with Crippen molar-refractivity contribution >= 4 is 41.0 Å². The largest absolute Gasteiger partial charge is 0.342 e. The maximum Gasteiger partial charge on any atom is 0.246 e. The fourth-order valence-electron chi connectivity index (χ4n) is 6.42. The minimum Gasteiger partial charge on any atom is -0.342 e. The number of likely N-dealkylation sites (tertiary alicyclic amines) is 1. The van der Waals surface area contributed by atoms with Crippen molar-refractivity contribution in [2.75, 3.05) is 31.5 Å². The Morgan fingerprint density at radius 1 is 1.13 bits per heavy atom. The number of fused-ring (bicyclic) bond motifs is 1. The molecule has 1 spiro atoms. The first-order valence-electron chi connectivity index (χ1n) is 14.1. The number of hydrogen-bond donors (Lipinski definition) is 1. The molecule has 3 aliphatic heterocycles. The summed E-state index contributed by atoms with van der Waals surface area (Å²) in [6.07, 6.45) is 17.1. The molecule has 2 aromatic rings. The Morgan fingerprint density at radius 2 is 1.95 bits per heavy atom. The van der Waals surface area contributed by atoms with Crippen molar-refractivity contribution in [1.29, 1.82) is 0 Å². The zero-order chi connectivity index (χ0) is 26.8. The Kier molecular flexibility index (Phi) is 7.34. The Labute approximate surface area is 233 Å². The Morgan fingerprint density at radius 3 is 2.67 bits per heavy atom. The molecule has 3 amide bonds. The van der Waals surface area contributed by atoms with E-state index >= 15 is 0 Å². The van der Waals surface area contributed by atoms with E-state index in [0.29, 0.717) is 51.3 Å². The van der Waals surface area contributed by atoms with Crippen LogP contribution in [0.15, 0.2) is 41.6 Å². The minimum absolute atomic E-state index is 0.0126. The molecule has 2 fully saturated rings. The number of anilines is 1. The lowest BCUT2D eigenvalue weighted by molar-refractivity contribution is -0.141. The summed E-state index contributed by atoms with van der Waals surface area (Å²) in [5, 5.41) is 6.12. The molecule has 0 unspecified atom stereocenters. The molecule has 6 rings (SSSR count). The number of aromatic nitrogens is 2. The Balaban J connectivity index is 1.07. The van der Waals surface area contributed by atoms with Crippen LogP contribution in [0.3, 0.4) is 0 Å². The molecule has 204 valence electrons. The van der Waals surface area contributed by atoms with Crippen molar-refractivity contribution in [3.8, 4) is 0 Å². The van der Waals surface area contributed by atoms with Gasteiger partial charge in [-0.25, -0.2) is 9.97 Å². The third-order valence-electron chi connectivity index (χ3n) is 8.86. The average Bonchev–Trinajstić information content (AvgIpc) is 3.68. The van der Waals surface area contributed by atoms with Gasteiger partial charge < -0.3 is 15.1 Å². The van der Waals surface area contributed by atoms with Crippen molar-refractivity contribution in [2.45, 2.75) is 57.8 Å². The number of nitrogens with one attached hydrogen (secondary N) is 1. The normalized spacial score (nSPS) is 21.2. The van der Waals surface area contributed by atoms with Gasteiger partial charge in [0.05, 0.1) is 10.4 Å². The van der Waals surface area contributed by atoms with E-state index in [4.69, 9.17) is 0 Å². The van der Waals surface area contributed by atoms with Crippen LogP contribution in [-0.2, 0) is 27.2 Å². The summed E-state index contributed by atoms with van der Waals surface area (Å²) in [7, 11) is 0. The lowest BCUT2D eigenvalue weighted by Crippen LogP contribution is -2.52. The number of hydrogen-bond acceptors (Lipinski definition) is 6. The van der Waals surface area contributed by atoms with Gasteiger partial charge in [-0.2, -0.15) is 0 Å². The summed E-state index contributed by atoms with van der Waals surface area (Å²) < 4.78 is 0. The number of nitrogens with zero attached hydrogens (tertiary/aromatic N) is 4. The van der Waals surface area contributed by atoms with Gasteiger partial charge in [0.1, 0.15) is 5.82 Å². The summed E-state index contributed by atoms with van der Waals surface area (Å²) in [5.41, 5.74) is 2.67. The zero-order valence-corrected chi connectivity index (χ0v) is 23.0. The molecule has 9 heteroatoms. The molecule has 4 aliphatic rings. The highest BCUT2D eigenvalue weighted by atomic mass is 32.1. The van der Waals surface area contributed by atoms with Gasteiger partial charge in [0, 0.05) is 62.4 Å². The second-order valence-corrected chi connectivity index (χ2v) is 12.3. The molecule has 1 N–H and O–H groups in total. The molecule has 2 aromatic heterocycles. The first-order valence-corrected chi connectivity index (χ1v) is 15.0. The summed E-state index contributed by atoms with van der Waals surface area (Å²) in [5.74, 6) is 1.06. The summed E-state index contributed by atoms with van der Waals surface area (Å²) >= 11 is 1.66. The average molecular weight is 546 g/mol. The van der Waals surface area contributed by atoms with Crippen LogP contribution in [-0.4, -0.2) is 63.7 Å². The second kappa shape index (κ2) is 11.0. The van der Waals surface area contributed by atoms with Crippen LogP contribution >= 0.6 is 11.3 Å². The van der Waals surface area contributed by atoms with Crippen LogP contribution in [0.5, 0.6) is 0 Å². The maximum atomic E-state index is 13.1. The van der Waals surface area contributed by atoms with Crippen LogP contribution in [0.2, 0.25) is 0 Å². The van der Waals surface area contributed by atoms with E-state index in [9.17, 15) is 14.4 Å². The molecule has 8 nitrogen and oxygen atoms in total. The molecular weight excluding hydrogens is 510 g/mol. The molecule has 5 heterocycles. The third kappa shape index (κ3) is 5.55. The van der Waals surface area contributed by atoms with Crippen molar-refractivity contribution < 1.29 is 14.4 Å². The summed E-state index contributed by atoms with van der Waals surface area (Å²) in [6.45, 7) is 2.59. The van der Waals surface area contributed by atoms with Gasteiger partial charge in [0.2, 0.25) is 17.7 Å². The number of carbonyl (C=O) groups is 3. The molecular formula is C30H35N5O3S. The molecule has 0 bridgehead atoms. The van der Waals surface area contributed by atoms with Crippen LogP contribution in [0.1, 0.15) is 61.1 Å². The quantitative estimate of drug-likeness (QED) is 0.448. The van der Waals surface area contributed by atoms with Crippen LogP contribution in [0.25, 0.3) is 6.08 Å². The van der Waals surface area contributed by atoms with Crippen molar-refractivity contribution in [2.24, 2.45) is 11.3 Å². The molecule has 0 atom stereocenters. The molecule has 1 saturated heterocycles. The number of rotatable bonds is 5. The molecule has 0 aromatic carbocycles. The second-order valence-electron chi connectivity index (χ2n) is 11.3. The van der Waals surface area contributed by atoms with Gasteiger partial charge >= 0.3 is 0 Å². The third-order valence-corrected chi connectivity index (χ3v) is 9.64. The lowest BCUT2D eigenvalue weighted by Gasteiger charge is -2.43. The highest BCUT2D eigenvalue weighted by Crippen LogP contribution is 2.42. The number of carbonyl (C=O) groups excluding carboxylic acids is 3. The van der Waals surface area contributed by atoms with Crippen LogP contribution < -0.4 is 5.32 Å². The smallest absolute Gasteiger partial charge is 0.246 e. The molecule has 1 saturated carbocycles. The van der Waals surface area contributed by atoms with E-state index in [1.54, 1.807) is 23.6 Å². The highest BCUT2D eigenvalue weighted by molar-refractivity contribution is 7.09. The molecule has 0 radical (unpaired) electrons. The van der Waals surface area contributed by atoms with E-state index in [0.717, 1.165) is 54.7 Å². The van der Waals surface area contributed by atoms with Gasteiger partial charge in [-0.05, 0) is 61.8 Å². The van der Waals surface area contributed by atoms with Gasteiger partial charge in [-0.3, -0.25) is 14.4 Å². The topological polar surface area (TPSA) is 95.5 Å². The fraction of sp³-hybridized carbons (Fsp3) is 0.500. The van der Waals surface area contributed by atoms with Gasteiger partial charge in [0.15, 0.2) is 0 Å². The highest BCUT2D eigenvalue weighted by Gasteiger charge is 2.46. The SMILES string of the molecule is O=C(/C=C/c1cnc2c(c1)CC1(CCN(C(=O)C3CCCC3)CC1)C(=O)N2)N1CC=C(Cc2nccs2)CC1. The Bertz CT molecular complexity index is 1300. The lowest BCUT2D eigenvalue weighted by atomic mass is 9.71. The van der Waals surface area contributed by atoms with Gasteiger partial charge in [-0.15, -0.1) is 11.3 Å². The van der Waals surface area contributed by atoms with E-state index in [1.807, 2.05) is 33.5 Å².